The van der Waals surface area contributed by atoms with Gasteiger partial charge in [-0.3, -0.25) is 14.3 Å². The van der Waals surface area contributed by atoms with Crippen molar-refractivity contribution in [2.45, 2.75) is 38.5 Å². The molecule has 1 saturated heterocycles. The first-order valence-electron chi connectivity index (χ1n) is 11.6. The fraction of sp³-hybridized carbons (Fsp3) is 0.346. The van der Waals surface area contributed by atoms with E-state index in [0.717, 1.165) is 16.8 Å². The number of carbonyl (C=O) groups excluding carboxylic acids is 2. The van der Waals surface area contributed by atoms with E-state index in [-0.39, 0.29) is 24.0 Å². The number of hydrogen-bond donors (Lipinski definition) is 1. The van der Waals surface area contributed by atoms with Gasteiger partial charge in [-0.1, -0.05) is 35.9 Å². The summed E-state index contributed by atoms with van der Waals surface area (Å²) < 4.78 is 1.80. The van der Waals surface area contributed by atoms with Gasteiger partial charge in [-0.25, -0.2) is 0 Å². The Morgan fingerprint density at radius 1 is 1.12 bits per heavy atom. The number of halogens is 1. The first-order valence-corrected chi connectivity index (χ1v) is 12.0. The van der Waals surface area contributed by atoms with Crippen LogP contribution >= 0.6 is 11.6 Å². The summed E-state index contributed by atoms with van der Waals surface area (Å²) in [6.45, 7) is 4.13. The van der Waals surface area contributed by atoms with E-state index >= 15 is 0 Å². The van der Waals surface area contributed by atoms with Gasteiger partial charge < -0.3 is 14.9 Å². The van der Waals surface area contributed by atoms with Crippen LogP contribution in [0.4, 0.5) is 0 Å². The molecule has 2 aliphatic heterocycles. The summed E-state index contributed by atoms with van der Waals surface area (Å²) in [4.78, 5) is 29.8. The number of amides is 2. The molecular formula is C26H27ClN4O3. The molecule has 176 valence electrons. The van der Waals surface area contributed by atoms with Gasteiger partial charge in [-0.15, -0.1) is 0 Å². The van der Waals surface area contributed by atoms with E-state index in [1.54, 1.807) is 9.58 Å². The maximum Gasteiger partial charge on any atom is 0.272 e. The minimum absolute atomic E-state index is 0.0262. The van der Waals surface area contributed by atoms with Crippen molar-refractivity contribution in [2.75, 3.05) is 19.6 Å². The number of piperidine rings is 1. The lowest BCUT2D eigenvalue weighted by Gasteiger charge is -2.32. The van der Waals surface area contributed by atoms with Gasteiger partial charge in [0.05, 0.1) is 17.8 Å². The fourth-order valence-electron chi connectivity index (χ4n) is 4.70. The number of aliphatic hydroxyl groups excluding tert-OH is 1. The van der Waals surface area contributed by atoms with Gasteiger partial charge >= 0.3 is 0 Å². The van der Waals surface area contributed by atoms with Crippen LogP contribution in [0, 0.1) is 0 Å². The predicted octanol–water partition coefficient (Wildman–Crippen LogP) is 4.02. The Bertz CT molecular complexity index is 1220. The van der Waals surface area contributed by atoms with Crippen molar-refractivity contribution in [3.8, 4) is 11.3 Å². The molecule has 2 aliphatic rings. The molecule has 0 radical (unpaired) electrons. The average molecular weight is 479 g/mol. The highest BCUT2D eigenvalue weighted by atomic mass is 35.5. The molecule has 1 N–H and O–H groups in total. The third kappa shape index (κ3) is 4.45. The summed E-state index contributed by atoms with van der Waals surface area (Å²) in [5.74, 6) is -0.106. The number of rotatable bonds is 4. The van der Waals surface area contributed by atoms with E-state index in [0.29, 0.717) is 55.3 Å². The maximum atomic E-state index is 13.3. The second-order valence-electron chi connectivity index (χ2n) is 9.12. The van der Waals surface area contributed by atoms with Crippen LogP contribution in [0.1, 0.15) is 52.2 Å². The molecule has 2 aromatic carbocycles. The molecule has 34 heavy (non-hydrogen) atoms. The van der Waals surface area contributed by atoms with Crippen LogP contribution in [0.5, 0.6) is 0 Å². The highest BCUT2D eigenvalue weighted by molar-refractivity contribution is 6.30. The normalized spacial score (nSPS) is 18.8. The number of carbonyl (C=O) groups is 2. The molecule has 3 aromatic rings. The minimum Gasteiger partial charge on any atom is -0.393 e. The molecule has 2 amide bonds. The van der Waals surface area contributed by atoms with E-state index < -0.39 is 0 Å². The van der Waals surface area contributed by atoms with Crippen molar-refractivity contribution >= 4 is 23.4 Å². The van der Waals surface area contributed by atoms with E-state index in [2.05, 4.69) is 5.10 Å². The average Bonchev–Trinajstić information content (AvgIpc) is 3.30. The zero-order valence-electron chi connectivity index (χ0n) is 19.0. The number of fused-ring (bicyclic) bond motifs is 1. The van der Waals surface area contributed by atoms with Crippen LogP contribution in [-0.4, -0.2) is 62.2 Å². The molecule has 0 bridgehead atoms. The summed E-state index contributed by atoms with van der Waals surface area (Å²) in [6, 6.07) is 16.8. The lowest BCUT2D eigenvalue weighted by molar-refractivity contribution is 0.0546. The number of hydrogen-bond acceptors (Lipinski definition) is 4. The summed E-state index contributed by atoms with van der Waals surface area (Å²) in [6.07, 6.45) is 0.894. The number of aromatic nitrogens is 2. The number of likely N-dealkylation sites (tertiary alicyclic amines) is 1. The van der Waals surface area contributed by atoms with Gasteiger partial charge in [0.2, 0.25) is 0 Å². The van der Waals surface area contributed by atoms with Crippen LogP contribution in [0.2, 0.25) is 5.02 Å². The topological polar surface area (TPSA) is 78.7 Å². The van der Waals surface area contributed by atoms with Crippen molar-refractivity contribution < 1.29 is 14.7 Å². The third-order valence-electron chi connectivity index (χ3n) is 6.58. The maximum absolute atomic E-state index is 13.3. The second kappa shape index (κ2) is 9.24. The van der Waals surface area contributed by atoms with Gasteiger partial charge in [-0.2, -0.15) is 5.10 Å². The van der Waals surface area contributed by atoms with Crippen LogP contribution in [0.25, 0.3) is 11.3 Å². The van der Waals surface area contributed by atoms with Crippen molar-refractivity contribution in [1.29, 1.82) is 0 Å². The van der Waals surface area contributed by atoms with Gasteiger partial charge in [0.15, 0.2) is 0 Å². The van der Waals surface area contributed by atoms with Crippen LogP contribution < -0.4 is 0 Å². The van der Waals surface area contributed by atoms with E-state index in [1.807, 2.05) is 66.4 Å². The van der Waals surface area contributed by atoms with Crippen LogP contribution in [-0.2, 0) is 6.54 Å². The molecule has 0 spiro atoms. The molecule has 8 heteroatoms. The molecule has 1 fully saturated rings. The number of nitrogens with zero attached hydrogens (tertiary/aromatic N) is 4. The summed E-state index contributed by atoms with van der Waals surface area (Å²) in [7, 11) is 0. The Hall–Kier alpha value is -3.16. The minimum atomic E-state index is -0.323. The highest BCUT2D eigenvalue weighted by Crippen LogP contribution is 2.28. The van der Waals surface area contributed by atoms with Crippen molar-refractivity contribution in [3.05, 3.63) is 76.4 Å². The largest absolute Gasteiger partial charge is 0.393 e. The Kier molecular flexibility index (Phi) is 6.15. The summed E-state index contributed by atoms with van der Waals surface area (Å²) in [5, 5.41) is 15.0. The quantitative estimate of drug-likeness (QED) is 0.614. The first kappa shape index (κ1) is 22.6. The van der Waals surface area contributed by atoms with Crippen molar-refractivity contribution in [1.82, 2.24) is 19.6 Å². The number of benzene rings is 2. The predicted molar refractivity (Wildman–Crippen MR) is 130 cm³/mol. The zero-order valence-corrected chi connectivity index (χ0v) is 19.8. The lowest BCUT2D eigenvalue weighted by atomic mass is 10.0. The molecule has 7 nitrogen and oxygen atoms in total. The van der Waals surface area contributed by atoms with Gasteiger partial charge in [0.1, 0.15) is 5.69 Å². The Balaban J connectivity index is 1.33. The Morgan fingerprint density at radius 3 is 2.59 bits per heavy atom. The van der Waals surface area contributed by atoms with E-state index in [1.165, 1.54) is 0 Å². The van der Waals surface area contributed by atoms with Gasteiger partial charge in [0, 0.05) is 42.3 Å². The highest BCUT2D eigenvalue weighted by Gasteiger charge is 2.31. The molecule has 0 saturated carbocycles. The third-order valence-corrected chi connectivity index (χ3v) is 6.84. The second-order valence-corrected chi connectivity index (χ2v) is 9.56. The molecule has 1 atom stereocenters. The van der Waals surface area contributed by atoms with Crippen molar-refractivity contribution in [2.24, 2.45) is 0 Å². The first-order chi connectivity index (χ1) is 16.4. The summed E-state index contributed by atoms with van der Waals surface area (Å²) >= 11 is 6.00. The monoisotopic (exact) mass is 478 g/mol. The molecule has 3 heterocycles. The molecule has 5 rings (SSSR count). The standard InChI is InChI=1S/C26H27ClN4O3/c1-17-15-30(26(34)24-14-23(28-31(17)24)19-5-7-21(27)8-6-19)16-18-3-2-4-20(13-18)25(33)29-11-9-22(32)10-12-29/h2-8,13-14,17,22,32H,9-12,15-16H2,1H3/t17-/m0/s1. The van der Waals surface area contributed by atoms with Gasteiger partial charge in [-0.05, 0) is 55.7 Å². The van der Waals surface area contributed by atoms with E-state index in [4.69, 9.17) is 11.6 Å². The smallest absolute Gasteiger partial charge is 0.272 e. The van der Waals surface area contributed by atoms with E-state index in [9.17, 15) is 14.7 Å². The lowest BCUT2D eigenvalue weighted by Crippen LogP contribution is -2.42. The van der Waals surface area contributed by atoms with Crippen molar-refractivity contribution in [3.63, 3.8) is 0 Å². The Morgan fingerprint density at radius 2 is 1.85 bits per heavy atom. The fourth-order valence-corrected chi connectivity index (χ4v) is 4.83. The zero-order chi connectivity index (χ0) is 23.8. The SMILES string of the molecule is C[C@H]1CN(Cc2cccc(C(=O)N3CCC(O)CC3)c2)C(=O)c2cc(-c3ccc(Cl)cc3)nn21. The van der Waals surface area contributed by atoms with Gasteiger partial charge in [0.25, 0.3) is 11.8 Å². The summed E-state index contributed by atoms with van der Waals surface area (Å²) in [5.41, 5.74) is 3.74. The van der Waals surface area contributed by atoms with Crippen LogP contribution in [0.3, 0.4) is 0 Å². The number of aliphatic hydroxyl groups is 1. The molecule has 0 aliphatic carbocycles. The molecule has 0 unspecified atom stereocenters. The molecular weight excluding hydrogens is 452 g/mol. The molecule has 1 aromatic heterocycles. The van der Waals surface area contributed by atoms with Crippen LogP contribution in [0.15, 0.2) is 54.6 Å². The Labute approximate surface area is 203 Å².